The molecule has 0 bridgehead atoms. The van der Waals surface area contributed by atoms with Gasteiger partial charge in [0.25, 0.3) is 5.91 Å². The van der Waals surface area contributed by atoms with E-state index in [1.165, 1.54) is 16.1 Å². The largest absolute Gasteiger partial charge is 0.476 e. The maximum absolute atomic E-state index is 12.9. The van der Waals surface area contributed by atoms with Gasteiger partial charge in [0.05, 0.1) is 24.2 Å². The molecular formula is C21H26N2O4S2. The lowest BCUT2D eigenvalue weighted by Gasteiger charge is -2.35. The molecule has 156 valence electrons. The molecule has 6 nitrogen and oxygen atoms in total. The normalized spacial score (nSPS) is 16.7. The van der Waals surface area contributed by atoms with E-state index in [1.807, 2.05) is 42.7 Å². The average molecular weight is 435 g/mol. The molecule has 1 aliphatic heterocycles. The van der Waals surface area contributed by atoms with Gasteiger partial charge in [-0.15, -0.1) is 11.8 Å². The molecule has 8 heteroatoms. The molecule has 0 fully saturated rings. The van der Waals surface area contributed by atoms with Crippen molar-refractivity contribution >= 4 is 39.1 Å². The van der Waals surface area contributed by atoms with Crippen molar-refractivity contribution < 1.29 is 17.9 Å². The zero-order valence-corrected chi connectivity index (χ0v) is 18.9. The number of hydrogen-bond acceptors (Lipinski definition) is 5. The Labute approximate surface area is 176 Å². The molecule has 0 spiro atoms. The van der Waals surface area contributed by atoms with Crippen LogP contribution in [0.15, 0.2) is 47.4 Å². The third-order valence-corrected chi connectivity index (χ3v) is 6.69. The summed E-state index contributed by atoms with van der Waals surface area (Å²) in [7, 11) is -3.58. The van der Waals surface area contributed by atoms with Crippen molar-refractivity contribution in [1.82, 2.24) is 0 Å². The van der Waals surface area contributed by atoms with Gasteiger partial charge in [0.1, 0.15) is 5.75 Å². The topological polar surface area (TPSA) is 75.7 Å². The predicted molar refractivity (Wildman–Crippen MR) is 119 cm³/mol. The molecule has 1 atom stereocenters. The molecule has 1 heterocycles. The first-order chi connectivity index (χ1) is 13.5. The Balaban J connectivity index is 1.93. The van der Waals surface area contributed by atoms with E-state index in [1.54, 1.807) is 6.07 Å². The molecule has 29 heavy (non-hydrogen) atoms. The lowest BCUT2D eigenvalue weighted by Crippen LogP contribution is -2.48. The Morgan fingerprint density at radius 3 is 2.52 bits per heavy atom. The molecule has 0 unspecified atom stereocenters. The summed E-state index contributed by atoms with van der Waals surface area (Å²) >= 11 is 1.52. The zero-order chi connectivity index (χ0) is 21.4. The van der Waals surface area contributed by atoms with Gasteiger partial charge in [0.15, 0.2) is 6.10 Å². The fourth-order valence-corrected chi connectivity index (χ4v) is 4.59. The Morgan fingerprint density at radius 2 is 1.90 bits per heavy atom. The van der Waals surface area contributed by atoms with E-state index in [0.717, 1.165) is 16.7 Å². The molecule has 0 saturated heterocycles. The van der Waals surface area contributed by atoms with Crippen molar-refractivity contribution in [2.45, 2.75) is 37.2 Å². The molecule has 2 aromatic carbocycles. The standard InChI is InChI=1S/C21H26N2O4S2/c1-21(2,3)14-10-11-17-16(12-14)23(29(5,25)26)13-18(27-17)20(24)22-15-8-6-7-9-19(15)28-4/h6-12,18H,13H2,1-5H3,(H,22,24)/t18-/m0/s1. The second kappa shape index (κ2) is 7.91. The summed E-state index contributed by atoms with van der Waals surface area (Å²) in [5.41, 5.74) is 1.99. The zero-order valence-electron chi connectivity index (χ0n) is 17.2. The van der Waals surface area contributed by atoms with Crippen LogP contribution in [0.1, 0.15) is 26.3 Å². The smallest absolute Gasteiger partial charge is 0.267 e. The molecule has 0 aromatic heterocycles. The van der Waals surface area contributed by atoms with Crippen molar-refractivity contribution in [2.24, 2.45) is 0 Å². The van der Waals surface area contributed by atoms with Crippen LogP contribution < -0.4 is 14.4 Å². The summed E-state index contributed by atoms with van der Waals surface area (Å²) in [6, 6.07) is 12.9. The number of nitrogens with zero attached hydrogens (tertiary/aromatic N) is 1. The highest BCUT2D eigenvalue weighted by Crippen LogP contribution is 2.38. The van der Waals surface area contributed by atoms with Gasteiger partial charge in [-0.2, -0.15) is 0 Å². The third kappa shape index (κ3) is 4.70. The first-order valence-electron chi connectivity index (χ1n) is 9.23. The van der Waals surface area contributed by atoms with Crippen LogP contribution in [0.4, 0.5) is 11.4 Å². The molecule has 3 rings (SSSR count). The molecule has 0 aliphatic carbocycles. The van der Waals surface area contributed by atoms with E-state index >= 15 is 0 Å². The van der Waals surface area contributed by atoms with Crippen molar-refractivity contribution in [1.29, 1.82) is 0 Å². The Hall–Kier alpha value is -2.19. The second-order valence-electron chi connectivity index (χ2n) is 8.02. The van der Waals surface area contributed by atoms with Crippen molar-refractivity contribution in [2.75, 3.05) is 28.7 Å². The Bertz CT molecular complexity index is 1030. The third-order valence-electron chi connectivity index (χ3n) is 4.75. The van der Waals surface area contributed by atoms with Gasteiger partial charge in [0, 0.05) is 4.90 Å². The number of benzene rings is 2. The summed E-state index contributed by atoms with van der Waals surface area (Å²) in [6.45, 7) is 6.10. The number of rotatable bonds is 4. The first-order valence-corrected chi connectivity index (χ1v) is 12.3. The number of ether oxygens (including phenoxy) is 1. The fraction of sp³-hybridized carbons (Fsp3) is 0.381. The minimum Gasteiger partial charge on any atom is -0.476 e. The number of amides is 1. The molecule has 0 saturated carbocycles. The number of para-hydroxylation sites is 1. The summed E-state index contributed by atoms with van der Waals surface area (Å²) in [4.78, 5) is 13.8. The van der Waals surface area contributed by atoms with Gasteiger partial charge in [0.2, 0.25) is 10.0 Å². The first kappa shape index (κ1) is 21.5. The quantitative estimate of drug-likeness (QED) is 0.740. The number of fused-ring (bicyclic) bond motifs is 1. The van der Waals surface area contributed by atoms with Gasteiger partial charge in [-0.25, -0.2) is 8.42 Å². The number of sulfonamides is 1. The summed E-state index contributed by atoms with van der Waals surface area (Å²) in [5.74, 6) is -0.00123. The van der Waals surface area contributed by atoms with Crippen molar-refractivity contribution in [3.8, 4) is 5.75 Å². The number of carbonyl (C=O) groups is 1. The SMILES string of the molecule is CSc1ccccc1NC(=O)[C@@H]1CN(S(C)(=O)=O)c2cc(C(C)(C)C)ccc2O1. The molecule has 0 radical (unpaired) electrons. The molecule has 1 aliphatic rings. The maximum atomic E-state index is 12.9. The van der Waals surface area contributed by atoms with Crippen molar-refractivity contribution in [3.05, 3.63) is 48.0 Å². The monoisotopic (exact) mass is 434 g/mol. The van der Waals surface area contributed by atoms with Crippen LogP contribution >= 0.6 is 11.8 Å². The van der Waals surface area contributed by atoms with Crippen LogP contribution in [0, 0.1) is 0 Å². The Kier molecular flexibility index (Phi) is 5.87. The van der Waals surface area contributed by atoms with Crippen molar-refractivity contribution in [3.63, 3.8) is 0 Å². The maximum Gasteiger partial charge on any atom is 0.267 e. The van der Waals surface area contributed by atoms with Crippen LogP contribution in [0.2, 0.25) is 0 Å². The van der Waals surface area contributed by atoms with Gasteiger partial charge < -0.3 is 10.1 Å². The van der Waals surface area contributed by atoms with Crippen LogP contribution in [-0.4, -0.2) is 39.5 Å². The van der Waals surface area contributed by atoms with Gasteiger partial charge in [-0.05, 0) is 41.5 Å². The molecule has 1 N–H and O–H groups in total. The lowest BCUT2D eigenvalue weighted by molar-refractivity contribution is -0.122. The lowest BCUT2D eigenvalue weighted by atomic mass is 9.86. The van der Waals surface area contributed by atoms with Gasteiger partial charge in [-0.3, -0.25) is 9.10 Å². The number of anilines is 2. The van der Waals surface area contributed by atoms with Gasteiger partial charge in [-0.1, -0.05) is 39.0 Å². The molecule has 2 aromatic rings. The Morgan fingerprint density at radius 1 is 1.21 bits per heavy atom. The van der Waals surface area contributed by atoms with Crippen LogP contribution in [-0.2, 0) is 20.2 Å². The highest BCUT2D eigenvalue weighted by Gasteiger charge is 2.36. The number of nitrogens with one attached hydrogen (secondary N) is 1. The predicted octanol–water partition coefficient (Wildman–Crippen LogP) is 3.87. The van der Waals surface area contributed by atoms with Gasteiger partial charge >= 0.3 is 0 Å². The summed E-state index contributed by atoms with van der Waals surface area (Å²) in [5, 5.41) is 2.86. The number of hydrogen-bond donors (Lipinski definition) is 1. The van der Waals surface area contributed by atoms with E-state index in [-0.39, 0.29) is 17.9 Å². The van der Waals surface area contributed by atoms with Crippen LogP contribution in [0.25, 0.3) is 0 Å². The summed E-state index contributed by atoms with van der Waals surface area (Å²) in [6.07, 6.45) is 2.12. The van der Waals surface area contributed by atoms with Crippen LogP contribution in [0.3, 0.4) is 0 Å². The van der Waals surface area contributed by atoms with E-state index in [4.69, 9.17) is 4.74 Å². The average Bonchev–Trinajstić information content (AvgIpc) is 2.65. The van der Waals surface area contributed by atoms with Crippen LogP contribution in [0.5, 0.6) is 5.75 Å². The van der Waals surface area contributed by atoms with E-state index in [2.05, 4.69) is 26.1 Å². The minimum atomic E-state index is -3.58. The highest BCUT2D eigenvalue weighted by atomic mass is 32.2. The van der Waals surface area contributed by atoms with E-state index in [0.29, 0.717) is 17.1 Å². The molecule has 1 amide bonds. The molecular weight excluding hydrogens is 408 g/mol. The van der Waals surface area contributed by atoms with E-state index < -0.39 is 16.1 Å². The van der Waals surface area contributed by atoms with E-state index in [9.17, 15) is 13.2 Å². The second-order valence-corrected chi connectivity index (χ2v) is 10.8. The minimum absolute atomic E-state index is 0.0767. The highest BCUT2D eigenvalue weighted by molar-refractivity contribution is 7.98. The number of carbonyl (C=O) groups excluding carboxylic acids is 1. The fourth-order valence-electron chi connectivity index (χ4n) is 3.13. The number of thioether (sulfide) groups is 1. The summed E-state index contributed by atoms with van der Waals surface area (Å²) < 4.78 is 32.1.